The molecular formula is C11H9ClN2O2. The van der Waals surface area contributed by atoms with E-state index in [-0.39, 0.29) is 0 Å². The molecule has 0 amide bonds. The molecule has 5 heteroatoms. The monoisotopic (exact) mass is 236 g/mol. The first-order chi connectivity index (χ1) is 7.62. The summed E-state index contributed by atoms with van der Waals surface area (Å²) in [5.41, 5.74) is 3.96. The molecule has 1 aliphatic heterocycles. The van der Waals surface area contributed by atoms with E-state index in [2.05, 4.69) is 10.5 Å². The van der Waals surface area contributed by atoms with Gasteiger partial charge in [0.05, 0.1) is 5.71 Å². The minimum atomic E-state index is -1.64. The van der Waals surface area contributed by atoms with Gasteiger partial charge < -0.3 is 5.11 Å². The minimum Gasteiger partial charge on any atom is -0.478 e. The third-order valence-electron chi connectivity index (χ3n) is 2.19. The van der Waals surface area contributed by atoms with Crippen molar-refractivity contribution in [3.63, 3.8) is 0 Å². The fraction of sp³-hybridized carbons (Fsp3) is 0.0909. The first-order valence-electron chi connectivity index (χ1n) is 4.64. The number of allylic oxidation sites excluding steroid dienone is 1. The van der Waals surface area contributed by atoms with Gasteiger partial charge in [0.25, 0.3) is 0 Å². The van der Waals surface area contributed by atoms with Crippen LogP contribution < -0.4 is 5.43 Å². The molecule has 0 radical (unpaired) electrons. The number of carbonyl (C=O) groups is 1. The quantitative estimate of drug-likeness (QED) is 0.605. The summed E-state index contributed by atoms with van der Waals surface area (Å²) in [7, 11) is 0. The van der Waals surface area contributed by atoms with Gasteiger partial charge in [-0.2, -0.15) is 5.10 Å². The summed E-state index contributed by atoms with van der Waals surface area (Å²) < 4.78 is 0. The molecule has 1 aliphatic rings. The molecular weight excluding hydrogens is 228 g/mol. The van der Waals surface area contributed by atoms with E-state index in [4.69, 9.17) is 16.7 Å². The Kier molecular flexibility index (Phi) is 2.66. The van der Waals surface area contributed by atoms with Crippen LogP contribution in [0.4, 0.5) is 0 Å². The highest BCUT2D eigenvalue weighted by Crippen LogP contribution is 2.18. The van der Waals surface area contributed by atoms with E-state index in [0.29, 0.717) is 5.71 Å². The summed E-state index contributed by atoms with van der Waals surface area (Å²) in [4.78, 5) is 9.16. The van der Waals surface area contributed by atoms with Gasteiger partial charge in [0.1, 0.15) is 0 Å². The summed E-state index contributed by atoms with van der Waals surface area (Å²) in [5, 5.41) is 12.8. The largest absolute Gasteiger partial charge is 0.478 e. The number of benzene rings is 1. The van der Waals surface area contributed by atoms with Gasteiger partial charge in [0.2, 0.25) is 5.00 Å². The zero-order chi connectivity index (χ0) is 11.6. The summed E-state index contributed by atoms with van der Waals surface area (Å²) in [6.07, 6.45) is 2.96. The van der Waals surface area contributed by atoms with Crippen molar-refractivity contribution in [1.82, 2.24) is 5.43 Å². The fourth-order valence-corrected chi connectivity index (χ4v) is 1.40. The van der Waals surface area contributed by atoms with Crippen molar-refractivity contribution in [3.05, 3.63) is 48.0 Å². The number of rotatable bonds is 2. The highest BCUT2D eigenvalue weighted by atomic mass is 35.5. The Bertz CT molecular complexity index is 470. The molecule has 0 saturated carbocycles. The second kappa shape index (κ2) is 3.98. The zero-order valence-corrected chi connectivity index (χ0v) is 8.98. The molecule has 82 valence electrons. The second-order valence-electron chi connectivity index (χ2n) is 3.33. The number of alkyl halides is 1. The maximum absolute atomic E-state index is 10.8. The Morgan fingerprint density at radius 1 is 1.38 bits per heavy atom. The average Bonchev–Trinajstić information content (AvgIpc) is 2.31. The Morgan fingerprint density at radius 2 is 2.06 bits per heavy atom. The van der Waals surface area contributed by atoms with Crippen molar-refractivity contribution in [1.29, 1.82) is 0 Å². The summed E-state index contributed by atoms with van der Waals surface area (Å²) >= 11 is 5.76. The zero-order valence-electron chi connectivity index (χ0n) is 8.22. The number of carboxylic acid groups (broad SMARTS) is 1. The van der Waals surface area contributed by atoms with Crippen molar-refractivity contribution >= 4 is 23.3 Å². The van der Waals surface area contributed by atoms with Gasteiger partial charge in [-0.05, 0) is 12.2 Å². The molecule has 1 atom stereocenters. The lowest BCUT2D eigenvalue weighted by Gasteiger charge is -2.21. The van der Waals surface area contributed by atoms with Crippen LogP contribution in [0.3, 0.4) is 0 Å². The minimum absolute atomic E-state index is 0.651. The Balaban J connectivity index is 2.23. The van der Waals surface area contributed by atoms with E-state index in [0.717, 1.165) is 5.56 Å². The summed E-state index contributed by atoms with van der Waals surface area (Å²) in [6, 6.07) is 9.42. The smallest absolute Gasteiger partial charge is 0.350 e. The maximum Gasteiger partial charge on any atom is 0.350 e. The van der Waals surface area contributed by atoms with Gasteiger partial charge in [-0.25, -0.2) is 4.79 Å². The Labute approximate surface area is 97.2 Å². The molecule has 16 heavy (non-hydrogen) atoms. The van der Waals surface area contributed by atoms with Crippen molar-refractivity contribution in [2.24, 2.45) is 5.10 Å². The van der Waals surface area contributed by atoms with Crippen LogP contribution >= 0.6 is 11.6 Å². The van der Waals surface area contributed by atoms with Crippen LogP contribution in [-0.4, -0.2) is 21.8 Å². The molecule has 2 N–H and O–H groups in total. The molecule has 0 spiro atoms. The van der Waals surface area contributed by atoms with Crippen LogP contribution in [0.15, 0.2) is 47.6 Å². The molecule has 1 unspecified atom stereocenters. The third kappa shape index (κ3) is 1.92. The molecule has 1 aromatic carbocycles. The van der Waals surface area contributed by atoms with Crippen molar-refractivity contribution in [2.45, 2.75) is 5.00 Å². The maximum atomic E-state index is 10.8. The average molecular weight is 237 g/mol. The topological polar surface area (TPSA) is 61.7 Å². The van der Waals surface area contributed by atoms with Gasteiger partial charge in [-0.15, -0.1) is 0 Å². The second-order valence-corrected chi connectivity index (χ2v) is 3.92. The summed E-state index contributed by atoms with van der Waals surface area (Å²) in [5.74, 6) is -1.18. The third-order valence-corrected chi connectivity index (χ3v) is 2.56. The normalized spacial score (nSPS) is 23.4. The fourth-order valence-electron chi connectivity index (χ4n) is 1.30. The first kappa shape index (κ1) is 10.7. The van der Waals surface area contributed by atoms with E-state index >= 15 is 0 Å². The lowest BCUT2D eigenvalue weighted by Crippen LogP contribution is -2.44. The molecule has 4 nitrogen and oxygen atoms in total. The summed E-state index contributed by atoms with van der Waals surface area (Å²) in [6.45, 7) is 0. The van der Waals surface area contributed by atoms with E-state index < -0.39 is 11.0 Å². The highest BCUT2D eigenvalue weighted by molar-refractivity contribution is 6.35. The van der Waals surface area contributed by atoms with E-state index in [1.165, 1.54) is 6.08 Å². The molecule has 0 saturated heterocycles. The number of aliphatic carboxylic acids is 1. The molecule has 0 fully saturated rings. The van der Waals surface area contributed by atoms with Crippen LogP contribution in [-0.2, 0) is 4.79 Å². The molecule has 1 aromatic rings. The number of hydrazone groups is 1. The predicted molar refractivity (Wildman–Crippen MR) is 61.5 cm³/mol. The van der Waals surface area contributed by atoms with Gasteiger partial charge >= 0.3 is 5.97 Å². The first-order valence-corrected chi connectivity index (χ1v) is 5.01. The molecule has 2 rings (SSSR count). The van der Waals surface area contributed by atoms with Gasteiger partial charge in [-0.3, -0.25) is 5.43 Å². The van der Waals surface area contributed by atoms with Crippen molar-refractivity contribution < 1.29 is 9.90 Å². The Hall–Kier alpha value is -1.81. The van der Waals surface area contributed by atoms with E-state index in [9.17, 15) is 4.79 Å². The van der Waals surface area contributed by atoms with Crippen LogP contribution in [0.25, 0.3) is 0 Å². The number of hydrogen-bond acceptors (Lipinski definition) is 3. The van der Waals surface area contributed by atoms with Crippen LogP contribution in [0.5, 0.6) is 0 Å². The molecule has 0 bridgehead atoms. The van der Waals surface area contributed by atoms with Crippen LogP contribution in [0, 0.1) is 0 Å². The van der Waals surface area contributed by atoms with Gasteiger partial charge in [0.15, 0.2) is 0 Å². The van der Waals surface area contributed by atoms with Crippen LogP contribution in [0.2, 0.25) is 0 Å². The van der Waals surface area contributed by atoms with E-state index in [1.807, 2.05) is 30.3 Å². The lowest BCUT2D eigenvalue weighted by atomic mass is 10.1. The standard InChI is InChI=1S/C11H9ClN2O2/c12-11(10(15)16)7-6-9(13-14-11)8-4-2-1-3-5-8/h1-7,14H,(H,15,16). The predicted octanol–water partition coefficient (Wildman–Crippen LogP) is 1.57. The van der Waals surface area contributed by atoms with Gasteiger partial charge in [-0.1, -0.05) is 41.9 Å². The van der Waals surface area contributed by atoms with Crippen molar-refractivity contribution in [3.8, 4) is 0 Å². The Morgan fingerprint density at radius 3 is 2.56 bits per heavy atom. The number of hydrogen-bond donors (Lipinski definition) is 2. The number of halogens is 1. The number of nitrogens with zero attached hydrogens (tertiary/aromatic N) is 1. The molecule has 1 heterocycles. The van der Waals surface area contributed by atoms with Crippen molar-refractivity contribution in [2.75, 3.05) is 0 Å². The SMILES string of the molecule is O=C(O)C1(Cl)C=CC(c2ccccc2)=NN1. The molecule has 0 aliphatic carbocycles. The van der Waals surface area contributed by atoms with Gasteiger partial charge in [0, 0.05) is 5.56 Å². The number of nitrogens with one attached hydrogen (secondary N) is 1. The van der Waals surface area contributed by atoms with Crippen LogP contribution in [0.1, 0.15) is 5.56 Å². The van der Waals surface area contributed by atoms with E-state index in [1.54, 1.807) is 6.08 Å². The molecule has 0 aromatic heterocycles. The number of carboxylic acids is 1. The highest BCUT2D eigenvalue weighted by Gasteiger charge is 2.35. The lowest BCUT2D eigenvalue weighted by molar-refractivity contribution is -0.139.